The lowest BCUT2D eigenvalue weighted by molar-refractivity contribution is 0.0696. The molecule has 0 aliphatic carbocycles. The highest BCUT2D eigenvalue weighted by atomic mass is 79.9. The summed E-state index contributed by atoms with van der Waals surface area (Å²) in [6.45, 7) is 0. The molecule has 0 atom stereocenters. The van der Waals surface area contributed by atoms with Crippen LogP contribution in [0.3, 0.4) is 0 Å². The van der Waals surface area contributed by atoms with Crippen molar-refractivity contribution < 1.29 is 22.7 Å². The highest BCUT2D eigenvalue weighted by molar-refractivity contribution is 9.10. The summed E-state index contributed by atoms with van der Waals surface area (Å²) in [6.07, 6.45) is 2.20. The van der Waals surface area contributed by atoms with E-state index in [1.54, 1.807) is 0 Å². The minimum atomic E-state index is -4.18. The topological polar surface area (TPSA) is 96.4 Å². The molecule has 0 spiro atoms. The summed E-state index contributed by atoms with van der Waals surface area (Å²) in [5.41, 5.74) is -0.260. The van der Waals surface area contributed by atoms with Crippen LogP contribution in [-0.2, 0) is 10.0 Å². The monoisotopic (exact) mass is 374 g/mol. The second kappa shape index (κ2) is 5.78. The number of nitrogens with zero attached hydrogens (tertiary/aromatic N) is 1. The zero-order valence-electron chi connectivity index (χ0n) is 10.2. The van der Waals surface area contributed by atoms with Crippen molar-refractivity contribution in [1.82, 2.24) is 4.98 Å². The van der Waals surface area contributed by atoms with E-state index in [1.807, 2.05) is 0 Å². The number of halogens is 2. The average molecular weight is 375 g/mol. The Morgan fingerprint density at radius 1 is 1.29 bits per heavy atom. The lowest BCUT2D eigenvalue weighted by atomic mass is 10.3. The third kappa shape index (κ3) is 3.56. The van der Waals surface area contributed by atoms with Crippen molar-refractivity contribution in [3.05, 3.63) is 52.5 Å². The Labute approximate surface area is 127 Å². The SMILES string of the molecule is O=C(O)c1cncc(NS(=O)(=O)c2ccc(Br)cc2F)c1. The van der Waals surface area contributed by atoms with Crippen LogP contribution >= 0.6 is 15.9 Å². The number of hydrogen-bond donors (Lipinski definition) is 2. The van der Waals surface area contributed by atoms with Crippen molar-refractivity contribution in [2.45, 2.75) is 4.90 Å². The van der Waals surface area contributed by atoms with Crippen LogP contribution in [0, 0.1) is 5.82 Å². The van der Waals surface area contributed by atoms with E-state index in [2.05, 4.69) is 25.6 Å². The molecule has 9 heteroatoms. The summed E-state index contributed by atoms with van der Waals surface area (Å²) in [5, 5.41) is 8.82. The molecule has 2 N–H and O–H groups in total. The quantitative estimate of drug-likeness (QED) is 0.856. The van der Waals surface area contributed by atoms with Crippen LogP contribution in [0.15, 0.2) is 46.0 Å². The van der Waals surface area contributed by atoms with Crippen LogP contribution in [0.25, 0.3) is 0 Å². The van der Waals surface area contributed by atoms with Crippen molar-refractivity contribution in [2.24, 2.45) is 0 Å². The number of nitrogens with one attached hydrogen (secondary N) is 1. The Hall–Kier alpha value is -2.00. The van der Waals surface area contributed by atoms with Crippen LogP contribution < -0.4 is 4.72 Å². The van der Waals surface area contributed by atoms with Crippen molar-refractivity contribution in [2.75, 3.05) is 4.72 Å². The van der Waals surface area contributed by atoms with E-state index >= 15 is 0 Å². The maximum absolute atomic E-state index is 13.7. The number of carbonyl (C=O) groups is 1. The molecule has 0 saturated heterocycles. The van der Waals surface area contributed by atoms with E-state index in [9.17, 15) is 17.6 Å². The van der Waals surface area contributed by atoms with Gasteiger partial charge in [-0.3, -0.25) is 9.71 Å². The summed E-state index contributed by atoms with van der Waals surface area (Å²) in [5.74, 6) is -2.18. The molecule has 2 rings (SSSR count). The van der Waals surface area contributed by atoms with E-state index in [0.717, 1.165) is 30.6 Å². The van der Waals surface area contributed by atoms with E-state index in [1.165, 1.54) is 6.07 Å². The van der Waals surface area contributed by atoms with Crippen molar-refractivity contribution in [3.8, 4) is 0 Å². The Balaban J connectivity index is 2.37. The summed E-state index contributed by atoms with van der Waals surface area (Å²) >= 11 is 3.02. The Bertz CT molecular complexity index is 811. The van der Waals surface area contributed by atoms with Gasteiger partial charge in [-0.05, 0) is 24.3 Å². The number of sulfonamides is 1. The van der Waals surface area contributed by atoms with E-state index in [0.29, 0.717) is 4.47 Å². The molecule has 0 fully saturated rings. The van der Waals surface area contributed by atoms with Gasteiger partial charge in [0.1, 0.15) is 10.7 Å². The number of aromatic carboxylic acids is 1. The van der Waals surface area contributed by atoms with E-state index in [4.69, 9.17) is 5.11 Å². The van der Waals surface area contributed by atoms with E-state index in [-0.39, 0.29) is 11.3 Å². The van der Waals surface area contributed by atoms with Gasteiger partial charge in [-0.2, -0.15) is 0 Å². The largest absolute Gasteiger partial charge is 0.478 e. The van der Waals surface area contributed by atoms with Crippen molar-refractivity contribution in [3.63, 3.8) is 0 Å². The first-order valence-corrected chi connectivity index (χ1v) is 7.73. The Kier molecular flexibility index (Phi) is 4.24. The lowest BCUT2D eigenvalue weighted by Gasteiger charge is -2.09. The number of rotatable bonds is 4. The van der Waals surface area contributed by atoms with Crippen molar-refractivity contribution >= 4 is 37.6 Å². The van der Waals surface area contributed by atoms with Gasteiger partial charge in [0.25, 0.3) is 10.0 Å². The smallest absolute Gasteiger partial charge is 0.337 e. The molecule has 1 aromatic heterocycles. The second-order valence-corrected chi connectivity index (χ2v) is 6.51. The predicted molar refractivity (Wildman–Crippen MR) is 76.1 cm³/mol. The molecule has 0 unspecified atom stereocenters. The van der Waals surface area contributed by atoms with Gasteiger partial charge in [0.05, 0.1) is 17.4 Å². The normalized spacial score (nSPS) is 11.1. The van der Waals surface area contributed by atoms with Gasteiger partial charge in [-0.1, -0.05) is 15.9 Å². The van der Waals surface area contributed by atoms with E-state index < -0.39 is 26.7 Å². The molecule has 2 aromatic rings. The zero-order valence-corrected chi connectivity index (χ0v) is 12.6. The molecule has 1 aromatic carbocycles. The van der Waals surface area contributed by atoms with Gasteiger partial charge < -0.3 is 5.11 Å². The molecule has 6 nitrogen and oxygen atoms in total. The molecular weight excluding hydrogens is 367 g/mol. The average Bonchev–Trinajstić information content (AvgIpc) is 2.37. The van der Waals surface area contributed by atoms with Crippen molar-refractivity contribution in [1.29, 1.82) is 0 Å². The number of benzene rings is 1. The summed E-state index contributed by atoms with van der Waals surface area (Å²) in [6, 6.07) is 4.57. The van der Waals surface area contributed by atoms with Crippen LogP contribution in [0.2, 0.25) is 0 Å². The van der Waals surface area contributed by atoms with Gasteiger partial charge in [-0.15, -0.1) is 0 Å². The van der Waals surface area contributed by atoms with Gasteiger partial charge in [0.2, 0.25) is 0 Å². The first-order chi connectivity index (χ1) is 9.79. The molecule has 0 amide bonds. The fourth-order valence-electron chi connectivity index (χ4n) is 1.52. The van der Waals surface area contributed by atoms with Crippen LogP contribution in [-0.4, -0.2) is 24.5 Å². The van der Waals surface area contributed by atoms with Gasteiger partial charge in [0, 0.05) is 10.7 Å². The predicted octanol–water partition coefficient (Wildman–Crippen LogP) is 2.48. The molecule has 0 radical (unpaired) electrons. The molecule has 0 bridgehead atoms. The van der Waals surface area contributed by atoms with Gasteiger partial charge in [-0.25, -0.2) is 17.6 Å². The number of carboxylic acids is 1. The van der Waals surface area contributed by atoms with Crippen LogP contribution in [0.4, 0.5) is 10.1 Å². The first kappa shape index (κ1) is 15.4. The highest BCUT2D eigenvalue weighted by Gasteiger charge is 2.20. The number of anilines is 1. The number of carboxylic acid groups (broad SMARTS) is 1. The molecule has 1 heterocycles. The number of hydrogen-bond acceptors (Lipinski definition) is 4. The van der Waals surface area contributed by atoms with Gasteiger partial charge >= 0.3 is 5.97 Å². The van der Waals surface area contributed by atoms with Gasteiger partial charge in [0.15, 0.2) is 0 Å². The Morgan fingerprint density at radius 3 is 2.62 bits per heavy atom. The fourth-order valence-corrected chi connectivity index (χ4v) is 2.94. The second-order valence-electron chi connectivity index (χ2n) is 3.95. The minimum Gasteiger partial charge on any atom is -0.478 e. The summed E-state index contributed by atoms with van der Waals surface area (Å²) in [4.78, 5) is 13.9. The fraction of sp³-hybridized carbons (Fsp3) is 0. The van der Waals surface area contributed by atoms with Crippen LogP contribution in [0.1, 0.15) is 10.4 Å². The molecule has 0 aliphatic rings. The summed E-state index contributed by atoms with van der Waals surface area (Å²) < 4.78 is 40.3. The number of aromatic nitrogens is 1. The maximum atomic E-state index is 13.7. The minimum absolute atomic E-state index is 0.0720. The third-order valence-corrected chi connectivity index (χ3v) is 4.33. The Morgan fingerprint density at radius 2 is 2.00 bits per heavy atom. The maximum Gasteiger partial charge on any atom is 0.337 e. The lowest BCUT2D eigenvalue weighted by Crippen LogP contribution is -2.15. The van der Waals surface area contributed by atoms with Crippen LogP contribution in [0.5, 0.6) is 0 Å². The molecule has 0 saturated carbocycles. The first-order valence-electron chi connectivity index (χ1n) is 5.46. The third-order valence-electron chi connectivity index (χ3n) is 2.42. The molecule has 0 aliphatic heterocycles. The molecule has 110 valence electrons. The molecular formula is C12H8BrFN2O4S. The zero-order chi connectivity index (χ0) is 15.6. The standard InChI is InChI=1S/C12H8BrFN2O4S/c13-8-1-2-11(10(14)4-8)21(19,20)16-9-3-7(12(17)18)5-15-6-9/h1-6,16H,(H,17,18). The number of pyridine rings is 1. The summed E-state index contributed by atoms with van der Waals surface area (Å²) in [7, 11) is -4.18. The highest BCUT2D eigenvalue weighted by Crippen LogP contribution is 2.22. The molecule has 21 heavy (non-hydrogen) atoms.